The molecule has 1 fully saturated rings. The summed E-state index contributed by atoms with van der Waals surface area (Å²) in [6, 6.07) is 0. The van der Waals surface area contributed by atoms with Crippen molar-refractivity contribution in [2.75, 3.05) is 30.3 Å². The molecule has 2 heterocycles. The summed E-state index contributed by atoms with van der Waals surface area (Å²) in [7, 11) is 0. The molecular weight excluding hydrogens is 247 g/mol. The molecule has 0 aliphatic carbocycles. The van der Waals surface area contributed by atoms with Crippen LogP contribution in [0.4, 0.5) is 16.2 Å². The minimum absolute atomic E-state index is 0.227. The summed E-state index contributed by atoms with van der Waals surface area (Å²) in [5.74, 6) is 0.234. The van der Waals surface area contributed by atoms with E-state index in [4.69, 9.17) is 4.74 Å². The predicted molar refractivity (Wildman–Crippen MR) is 72.9 cm³/mol. The summed E-state index contributed by atoms with van der Waals surface area (Å²) in [5.41, 5.74) is -0.228. The summed E-state index contributed by atoms with van der Waals surface area (Å²) in [6.07, 6.45) is 4.18. The molecule has 1 unspecified atom stereocenters. The zero-order chi connectivity index (χ0) is 13.7. The van der Waals surface area contributed by atoms with Crippen molar-refractivity contribution in [1.29, 1.82) is 0 Å². The lowest BCUT2D eigenvalue weighted by Gasteiger charge is -2.23. The largest absolute Gasteiger partial charge is 0.373 e. The average molecular weight is 268 g/mol. The van der Waals surface area contributed by atoms with Crippen molar-refractivity contribution < 1.29 is 9.13 Å². The third-order valence-electron chi connectivity index (χ3n) is 3.21. The molecule has 0 spiro atoms. The number of rotatable bonds is 6. The number of halogens is 1. The van der Waals surface area contributed by atoms with Crippen LogP contribution >= 0.6 is 0 Å². The molecule has 106 valence electrons. The molecule has 5 nitrogen and oxygen atoms in total. The van der Waals surface area contributed by atoms with Gasteiger partial charge in [0.25, 0.3) is 0 Å². The van der Waals surface area contributed by atoms with Gasteiger partial charge in [-0.05, 0) is 26.2 Å². The van der Waals surface area contributed by atoms with Crippen LogP contribution in [0.2, 0.25) is 0 Å². The van der Waals surface area contributed by atoms with Gasteiger partial charge in [-0.1, -0.05) is 6.92 Å². The minimum Gasteiger partial charge on any atom is -0.373 e. The monoisotopic (exact) mass is 268 g/mol. The lowest BCUT2D eigenvalue weighted by atomic mass is 10.0. The summed E-state index contributed by atoms with van der Waals surface area (Å²) < 4.78 is 19.3. The molecule has 0 aromatic carbocycles. The quantitative estimate of drug-likeness (QED) is 0.829. The molecule has 19 heavy (non-hydrogen) atoms. The highest BCUT2D eigenvalue weighted by Crippen LogP contribution is 2.25. The van der Waals surface area contributed by atoms with Crippen LogP contribution in [0.5, 0.6) is 0 Å². The van der Waals surface area contributed by atoms with Gasteiger partial charge in [-0.3, -0.25) is 0 Å². The Bertz CT molecular complexity index is 421. The number of aromatic nitrogens is 2. The highest BCUT2D eigenvalue weighted by molar-refractivity contribution is 5.41. The molecule has 1 atom stereocenters. The first kappa shape index (κ1) is 14.0. The second kappa shape index (κ2) is 6.14. The van der Waals surface area contributed by atoms with Gasteiger partial charge >= 0.3 is 0 Å². The van der Waals surface area contributed by atoms with E-state index in [1.165, 1.54) is 6.20 Å². The Kier molecular flexibility index (Phi) is 4.52. The van der Waals surface area contributed by atoms with Crippen LogP contribution in [0.25, 0.3) is 0 Å². The molecule has 0 bridgehead atoms. The van der Waals surface area contributed by atoms with Crippen molar-refractivity contribution >= 4 is 11.8 Å². The fraction of sp³-hybridized carbons (Fsp3) is 0.692. The summed E-state index contributed by atoms with van der Waals surface area (Å²) in [4.78, 5) is 8.04. The fourth-order valence-corrected chi connectivity index (χ4v) is 2.06. The molecule has 2 rings (SSSR count). The first-order chi connectivity index (χ1) is 9.13. The number of hydrogen-bond acceptors (Lipinski definition) is 5. The number of hydrogen-bond donors (Lipinski definition) is 2. The van der Waals surface area contributed by atoms with Gasteiger partial charge in [-0.2, -0.15) is 4.98 Å². The SMILES string of the molecule is CCCNc1ncc(F)c(NCC2(C)CCCO2)n1. The maximum Gasteiger partial charge on any atom is 0.224 e. The predicted octanol–water partition coefficient (Wildman–Crippen LogP) is 2.42. The topological polar surface area (TPSA) is 59.1 Å². The lowest BCUT2D eigenvalue weighted by molar-refractivity contribution is 0.0314. The highest BCUT2D eigenvalue weighted by atomic mass is 19.1. The van der Waals surface area contributed by atoms with Gasteiger partial charge in [0.1, 0.15) is 0 Å². The van der Waals surface area contributed by atoms with Crippen molar-refractivity contribution in [1.82, 2.24) is 9.97 Å². The van der Waals surface area contributed by atoms with E-state index in [-0.39, 0.29) is 11.4 Å². The van der Waals surface area contributed by atoms with E-state index in [1.54, 1.807) is 0 Å². The first-order valence-corrected chi connectivity index (χ1v) is 6.77. The maximum atomic E-state index is 13.6. The van der Waals surface area contributed by atoms with E-state index >= 15 is 0 Å². The second-order valence-electron chi connectivity index (χ2n) is 5.07. The lowest BCUT2D eigenvalue weighted by Crippen LogP contribution is -2.33. The van der Waals surface area contributed by atoms with Crippen LogP contribution in [-0.4, -0.2) is 35.3 Å². The Morgan fingerprint density at radius 2 is 2.32 bits per heavy atom. The highest BCUT2D eigenvalue weighted by Gasteiger charge is 2.29. The van der Waals surface area contributed by atoms with Crippen LogP contribution in [0.1, 0.15) is 33.1 Å². The Morgan fingerprint density at radius 3 is 3.00 bits per heavy atom. The Morgan fingerprint density at radius 1 is 1.47 bits per heavy atom. The van der Waals surface area contributed by atoms with Gasteiger partial charge in [0.05, 0.1) is 11.8 Å². The van der Waals surface area contributed by atoms with Crippen molar-refractivity contribution in [3.05, 3.63) is 12.0 Å². The van der Waals surface area contributed by atoms with Crippen LogP contribution < -0.4 is 10.6 Å². The van der Waals surface area contributed by atoms with Crippen LogP contribution in [0, 0.1) is 5.82 Å². The smallest absolute Gasteiger partial charge is 0.224 e. The van der Waals surface area contributed by atoms with Crippen LogP contribution in [0.15, 0.2) is 6.20 Å². The first-order valence-electron chi connectivity index (χ1n) is 6.77. The Balaban J connectivity index is 1.98. The van der Waals surface area contributed by atoms with Gasteiger partial charge in [-0.15, -0.1) is 0 Å². The maximum absolute atomic E-state index is 13.6. The third-order valence-corrected chi connectivity index (χ3v) is 3.21. The molecule has 1 aromatic heterocycles. The van der Waals surface area contributed by atoms with E-state index in [1.807, 2.05) is 13.8 Å². The molecule has 2 N–H and O–H groups in total. The Labute approximate surface area is 113 Å². The molecule has 1 aliphatic heterocycles. The van der Waals surface area contributed by atoms with E-state index < -0.39 is 5.82 Å². The number of ether oxygens (including phenoxy) is 1. The van der Waals surface area contributed by atoms with Crippen LogP contribution in [-0.2, 0) is 4.74 Å². The zero-order valence-corrected chi connectivity index (χ0v) is 11.5. The van der Waals surface area contributed by atoms with Crippen LogP contribution in [0.3, 0.4) is 0 Å². The van der Waals surface area contributed by atoms with Gasteiger partial charge < -0.3 is 15.4 Å². The molecule has 0 saturated carbocycles. The van der Waals surface area contributed by atoms with Crippen molar-refractivity contribution in [3.63, 3.8) is 0 Å². The number of nitrogens with zero attached hydrogens (tertiary/aromatic N) is 2. The van der Waals surface area contributed by atoms with Gasteiger partial charge in [0.2, 0.25) is 5.95 Å². The molecule has 0 amide bonds. The summed E-state index contributed by atoms with van der Waals surface area (Å²) in [5, 5.41) is 6.06. The average Bonchev–Trinajstić information content (AvgIpc) is 2.84. The standard InChI is InChI=1S/C13H21FN4O/c1-3-6-15-12-16-8-10(14)11(18-12)17-9-13(2)5-4-7-19-13/h8H,3-7,9H2,1-2H3,(H2,15,16,17,18). The fourth-order valence-electron chi connectivity index (χ4n) is 2.06. The van der Waals surface area contributed by atoms with E-state index in [2.05, 4.69) is 20.6 Å². The molecule has 1 aliphatic rings. The summed E-state index contributed by atoms with van der Waals surface area (Å²) >= 11 is 0. The third kappa shape index (κ3) is 3.76. The molecular formula is C13H21FN4O. The van der Waals surface area contributed by atoms with Crippen molar-refractivity contribution in [2.24, 2.45) is 0 Å². The number of nitrogens with one attached hydrogen (secondary N) is 2. The summed E-state index contributed by atoms with van der Waals surface area (Å²) in [6.45, 7) is 6.17. The second-order valence-corrected chi connectivity index (χ2v) is 5.07. The molecule has 1 aromatic rings. The minimum atomic E-state index is -0.441. The van der Waals surface area contributed by atoms with Crippen molar-refractivity contribution in [3.8, 4) is 0 Å². The molecule has 0 radical (unpaired) electrons. The normalized spacial score (nSPS) is 22.5. The van der Waals surface area contributed by atoms with Gasteiger partial charge in [-0.25, -0.2) is 9.37 Å². The van der Waals surface area contributed by atoms with E-state index in [9.17, 15) is 4.39 Å². The van der Waals surface area contributed by atoms with E-state index in [0.29, 0.717) is 12.5 Å². The van der Waals surface area contributed by atoms with Crippen molar-refractivity contribution in [2.45, 2.75) is 38.7 Å². The van der Waals surface area contributed by atoms with Gasteiger partial charge in [0.15, 0.2) is 11.6 Å². The Hall–Kier alpha value is -1.43. The molecule has 1 saturated heterocycles. The number of anilines is 2. The molecule has 6 heteroatoms. The van der Waals surface area contributed by atoms with E-state index in [0.717, 1.165) is 32.4 Å². The zero-order valence-electron chi connectivity index (χ0n) is 11.5. The van der Waals surface area contributed by atoms with Gasteiger partial charge in [0, 0.05) is 19.7 Å².